The first kappa shape index (κ1) is 13.3. The van der Waals surface area contributed by atoms with E-state index in [2.05, 4.69) is 44.5 Å². The minimum Gasteiger partial charge on any atom is -0.459 e. The monoisotopic (exact) mass is 226 g/mol. The zero-order chi connectivity index (χ0) is 12.3. The van der Waals surface area contributed by atoms with Crippen LogP contribution in [0.5, 0.6) is 0 Å². The average molecular weight is 226 g/mol. The summed E-state index contributed by atoms with van der Waals surface area (Å²) in [4.78, 5) is 6.55. The van der Waals surface area contributed by atoms with Crippen molar-refractivity contribution in [3.05, 3.63) is 0 Å². The average Bonchev–Trinajstić information content (AvgIpc) is 2.17. The molecule has 1 saturated heterocycles. The highest BCUT2D eigenvalue weighted by Crippen LogP contribution is 2.23. The third kappa shape index (κ3) is 3.69. The summed E-state index contributed by atoms with van der Waals surface area (Å²) in [7, 11) is 1.81. The molecule has 1 rings (SSSR count). The molecular weight excluding hydrogens is 200 g/mol. The fourth-order valence-corrected chi connectivity index (χ4v) is 1.96. The first-order chi connectivity index (χ1) is 7.33. The summed E-state index contributed by atoms with van der Waals surface area (Å²) in [5, 5.41) is 0. The molecule has 0 aliphatic carbocycles. The quantitative estimate of drug-likeness (QED) is 0.468. The van der Waals surface area contributed by atoms with E-state index in [1.807, 2.05) is 7.05 Å². The molecule has 0 saturated carbocycles. The Morgan fingerprint density at radius 3 is 2.31 bits per heavy atom. The van der Waals surface area contributed by atoms with Gasteiger partial charge in [-0.25, -0.2) is 4.99 Å². The van der Waals surface area contributed by atoms with Gasteiger partial charge in [-0.3, -0.25) is 0 Å². The molecule has 2 unspecified atom stereocenters. The van der Waals surface area contributed by atoms with Gasteiger partial charge in [-0.15, -0.1) is 0 Å². The Labute approximate surface area is 99.9 Å². The van der Waals surface area contributed by atoms with Crippen LogP contribution in [0.15, 0.2) is 4.99 Å². The summed E-state index contributed by atoms with van der Waals surface area (Å²) < 4.78 is 5.89. The van der Waals surface area contributed by atoms with Crippen LogP contribution in [0.3, 0.4) is 0 Å². The van der Waals surface area contributed by atoms with Crippen LogP contribution in [-0.4, -0.2) is 36.7 Å². The summed E-state index contributed by atoms with van der Waals surface area (Å²) in [6, 6.07) is 0.797. The van der Waals surface area contributed by atoms with E-state index in [1.165, 1.54) is 6.42 Å². The second-order valence-electron chi connectivity index (χ2n) is 5.91. The Kier molecular flexibility index (Phi) is 4.22. The van der Waals surface area contributed by atoms with Gasteiger partial charge < -0.3 is 9.64 Å². The van der Waals surface area contributed by atoms with Gasteiger partial charge in [0, 0.05) is 20.1 Å². The molecule has 0 aromatic rings. The van der Waals surface area contributed by atoms with Gasteiger partial charge in [-0.05, 0) is 39.0 Å². The molecule has 3 nitrogen and oxygen atoms in total. The summed E-state index contributed by atoms with van der Waals surface area (Å²) in [6.45, 7) is 12.9. The maximum atomic E-state index is 5.89. The lowest BCUT2D eigenvalue weighted by atomic mass is 9.89. The number of ether oxygens (including phenoxy) is 1. The largest absolute Gasteiger partial charge is 0.459 e. The maximum Gasteiger partial charge on any atom is 0.287 e. The summed E-state index contributed by atoms with van der Waals surface area (Å²) in [5.41, 5.74) is -0.166. The van der Waals surface area contributed by atoms with Crippen molar-refractivity contribution in [3.63, 3.8) is 0 Å². The lowest BCUT2D eigenvalue weighted by molar-refractivity contribution is 0.0711. The van der Waals surface area contributed by atoms with E-state index < -0.39 is 0 Å². The smallest absolute Gasteiger partial charge is 0.287 e. The molecule has 0 bridgehead atoms. The van der Waals surface area contributed by atoms with Crippen molar-refractivity contribution in [2.45, 2.75) is 46.6 Å². The Hall–Kier alpha value is -0.730. The number of likely N-dealkylation sites (tertiary alicyclic amines) is 1. The predicted octanol–water partition coefficient (Wildman–Crippen LogP) is 2.77. The molecule has 2 atom stereocenters. The molecule has 16 heavy (non-hydrogen) atoms. The lowest BCUT2D eigenvalue weighted by Gasteiger charge is -2.38. The standard InChI is InChI=1S/C13H26N2O/c1-10-7-8-15(9-11(10)2)12(14-6)16-13(3,4)5/h10-11H,7-9H2,1-6H3. The fraction of sp³-hybridized carbons (Fsp3) is 0.923. The van der Waals surface area contributed by atoms with E-state index in [-0.39, 0.29) is 5.60 Å². The van der Waals surface area contributed by atoms with E-state index in [1.54, 1.807) is 0 Å². The van der Waals surface area contributed by atoms with Crippen molar-refractivity contribution in [2.75, 3.05) is 20.1 Å². The number of nitrogens with zero attached hydrogens (tertiary/aromatic N) is 2. The second-order valence-corrected chi connectivity index (χ2v) is 5.91. The molecule has 0 N–H and O–H groups in total. The van der Waals surface area contributed by atoms with Gasteiger partial charge in [0.2, 0.25) is 0 Å². The lowest BCUT2D eigenvalue weighted by Crippen LogP contribution is -2.45. The van der Waals surface area contributed by atoms with Crippen molar-refractivity contribution in [1.82, 2.24) is 4.90 Å². The first-order valence-electron chi connectivity index (χ1n) is 6.24. The van der Waals surface area contributed by atoms with Crippen molar-refractivity contribution in [3.8, 4) is 0 Å². The number of rotatable bonds is 0. The molecule has 0 aromatic heterocycles. The van der Waals surface area contributed by atoms with Crippen molar-refractivity contribution in [2.24, 2.45) is 16.8 Å². The second kappa shape index (κ2) is 5.07. The molecule has 0 spiro atoms. The maximum absolute atomic E-state index is 5.89. The summed E-state index contributed by atoms with van der Waals surface area (Å²) >= 11 is 0. The normalized spacial score (nSPS) is 28.1. The third-order valence-corrected chi connectivity index (χ3v) is 3.19. The van der Waals surface area contributed by atoms with E-state index in [4.69, 9.17) is 4.74 Å². The van der Waals surface area contributed by atoms with Gasteiger partial charge >= 0.3 is 0 Å². The molecule has 1 fully saturated rings. The molecule has 1 aliphatic heterocycles. The molecular formula is C13H26N2O. The van der Waals surface area contributed by atoms with Crippen LogP contribution in [0.4, 0.5) is 0 Å². The Bertz CT molecular complexity index is 255. The molecule has 0 aromatic carbocycles. The summed E-state index contributed by atoms with van der Waals surface area (Å²) in [5.74, 6) is 1.53. The summed E-state index contributed by atoms with van der Waals surface area (Å²) in [6.07, 6.45) is 1.23. The minimum absolute atomic E-state index is 0.166. The highest BCUT2D eigenvalue weighted by molar-refractivity contribution is 5.74. The van der Waals surface area contributed by atoms with E-state index in [9.17, 15) is 0 Å². The zero-order valence-electron chi connectivity index (χ0n) is 11.6. The van der Waals surface area contributed by atoms with Crippen LogP contribution in [0.2, 0.25) is 0 Å². The molecule has 0 amide bonds. The number of aliphatic imine (C=N–C) groups is 1. The van der Waals surface area contributed by atoms with Crippen LogP contribution in [0.25, 0.3) is 0 Å². The van der Waals surface area contributed by atoms with Crippen LogP contribution in [-0.2, 0) is 4.74 Å². The molecule has 0 radical (unpaired) electrons. The highest BCUT2D eigenvalue weighted by Gasteiger charge is 2.27. The van der Waals surface area contributed by atoms with Gasteiger partial charge in [0.25, 0.3) is 6.02 Å². The van der Waals surface area contributed by atoms with E-state index >= 15 is 0 Å². The van der Waals surface area contributed by atoms with Crippen molar-refractivity contribution >= 4 is 6.02 Å². The van der Waals surface area contributed by atoms with Crippen LogP contribution in [0, 0.1) is 11.8 Å². The number of hydrogen-bond acceptors (Lipinski definition) is 2. The topological polar surface area (TPSA) is 24.8 Å². The Balaban J connectivity index is 2.62. The molecule has 3 heteroatoms. The molecule has 1 aliphatic rings. The van der Waals surface area contributed by atoms with Gasteiger partial charge in [-0.1, -0.05) is 13.8 Å². The van der Waals surface area contributed by atoms with Crippen LogP contribution in [0.1, 0.15) is 41.0 Å². The third-order valence-electron chi connectivity index (χ3n) is 3.19. The van der Waals surface area contributed by atoms with Crippen molar-refractivity contribution in [1.29, 1.82) is 0 Å². The Morgan fingerprint density at radius 1 is 1.25 bits per heavy atom. The first-order valence-corrected chi connectivity index (χ1v) is 6.24. The number of piperidine rings is 1. The highest BCUT2D eigenvalue weighted by atomic mass is 16.5. The van der Waals surface area contributed by atoms with Gasteiger partial charge in [-0.2, -0.15) is 0 Å². The van der Waals surface area contributed by atoms with Crippen LogP contribution < -0.4 is 0 Å². The van der Waals surface area contributed by atoms with E-state index in [0.29, 0.717) is 5.92 Å². The fourth-order valence-electron chi connectivity index (χ4n) is 1.96. The van der Waals surface area contributed by atoms with E-state index in [0.717, 1.165) is 25.0 Å². The van der Waals surface area contributed by atoms with Gasteiger partial charge in [0.05, 0.1) is 0 Å². The number of amidine groups is 1. The predicted molar refractivity (Wildman–Crippen MR) is 68.7 cm³/mol. The van der Waals surface area contributed by atoms with Gasteiger partial charge in [0.15, 0.2) is 0 Å². The minimum atomic E-state index is -0.166. The number of hydrogen-bond donors (Lipinski definition) is 0. The Morgan fingerprint density at radius 2 is 1.88 bits per heavy atom. The van der Waals surface area contributed by atoms with Gasteiger partial charge in [0.1, 0.15) is 5.60 Å². The van der Waals surface area contributed by atoms with Crippen LogP contribution >= 0.6 is 0 Å². The molecule has 1 heterocycles. The molecule has 94 valence electrons. The zero-order valence-corrected chi connectivity index (χ0v) is 11.6. The SMILES string of the molecule is CN=C(OC(C)(C)C)N1CCC(C)C(C)C1. The van der Waals surface area contributed by atoms with Crippen molar-refractivity contribution < 1.29 is 4.74 Å².